The van der Waals surface area contributed by atoms with Gasteiger partial charge in [0.15, 0.2) is 0 Å². The molecule has 0 spiro atoms. The summed E-state index contributed by atoms with van der Waals surface area (Å²) >= 11 is 0. The molecular formula is C23H23FN4O. The number of benzene rings is 2. The highest BCUT2D eigenvalue weighted by atomic mass is 19.1. The van der Waals surface area contributed by atoms with Crippen molar-refractivity contribution in [1.82, 2.24) is 20.0 Å². The molecule has 0 radical (unpaired) electrons. The molecule has 0 bridgehead atoms. The average molecular weight is 390 g/mol. The Hall–Kier alpha value is -3.28. The van der Waals surface area contributed by atoms with Crippen molar-refractivity contribution in [3.8, 4) is 23.0 Å². The molecule has 148 valence electrons. The second-order valence-electron chi connectivity index (χ2n) is 8.18. The van der Waals surface area contributed by atoms with Gasteiger partial charge >= 0.3 is 0 Å². The highest BCUT2D eigenvalue weighted by Gasteiger charge is 2.23. The predicted molar refractivity (Wildman–Crippen MR) is 110 cm³/mol. The van der Waals surface area contributed by atoms with Crippen LogP contribution in [-0.2, 0) is 12.0 Å². The largest absolute Gasteiger partial charge is 0.415 e. The molecule has 29 heavy (non-hydrogen) atoms. The standard InChI is InChI=1S/C23H23FN4O/c1-15-7-5-6-8-18(15)21-25-26-22(29-21)19-13-20(23(2,3)4)27-28(19)14-16-9-11-17(24)12-10-16/h5-13H,14H2,1-4H3. The number of hydrogen-bond donors (Lipinski definition) is 0. The molecule has 4 rings (SSSR count). The summed E-state index contributed by atoms with van der Waals surface area (Å²) < 4.78 is 21.1. The fourth-order valence-electron chi connectivity index (χ4n) is 3.09. The first-order chi connectivity index (χ1) is 13.8. The minimum atomic E-state index is -0.260. The number of halogens is 1. The van der Waals surface area contributed by atoms with Gasteiger partial charge in [0.1, 0.15) is 11.5 Å². The van der Waals surface area contributed by atoms with Crippen LogP contribution < -0.4 is 0 Å². The van der Waals surface area contributed by atoms with Crippen LogP contribution in [0.25, 0.3) is 23.0 Å². The number of hydrogen-bond acceptors (Lipinski definition) is 4. The predicted octanol–water partition coefficient (Wildman–Crippen LogP) is 5.39. The molecule has 2 aromatic heterocycles. The molecule has 0 N–H and O–H groups in total. The van der Waals surface area contributed by atoms with Crippen molar-refractivity contribution in [2.75, 3.05) is 0 Å². The number of nitrogens with zero attached hydrogens (tertiary/aromatic N) is 4. The summed E-state index contributed by atoms with van der Waals surface area (Å²) in [6.07, 6.45) is 0. The van der Waals surface area contributed by atoms with E-state index in [-0.39, 0.29) is 11.2 Å². The van der Waals surface area contributed by atoms with Gasteiger partial charge in [0, 0.05) is 11.0 Å². The Bertz CT molecular complexity index is 1140. The quantitative estimate of drug-likeness (QED) is 0.469. The Labute approximate surface area is 169 Å². The Kier molecular flexibility index (Phi) is 4.78. The maximum Gasteiger partial charge on any atom is 0.266 e. The highest BCUT2D eigenvalue weighted by molar-refractivity contribution is 5.60. The van der Waals surface area contributed by atoms with Crippen molar-refractivity contribution in [1.29, 1.82) is 0 Å². The minimum Gasteiger partial charge on any atom is -0.415 e. The molecule has 0 aliphatic heterocycles. The van der Waals surface area contributed by atoms with Crippen LogP contribution in [0.4, 0.5) is 4.39 Å². The fraction of sp³-hybridized carbons (Fsp3) is 0.261. The zero-order chi connectivity index (χ0) is 20.6. The van der Waals surface area contributed by atoms with E-state index in [4.69, 9.17) is 9.52 Å². The van der Waals surface area contributed by atoms with Gasteiger partial charge in [-0.15, -0.1) is 10.2 Å². The molecule has 0 fully saturated rings. The summed E-state index contributed by atoms with van der Waals surface area (Å²) in [6, 6.07) is 16.3. The van der Waals surface area contributed by atoms with Crippen molar-refractivity contribution in [2.45, 2.75) is 39.7 Å². The molecule has 0 aliphatic rings. The summed E-state index contributed by atoms with van der Waals surface area (Å²) in [5.74, 6) is 0.628. The lowest BCUT2D eigenvalue weighted by atomic mass is 9.92. The van der Waals surface area contributed by atoms with Crippen LogP contribution in [0.3, 0.4) is 0 Å². The van der Waals surface area contributed by atoms with E-state index in [0.717, 1.165) is 28.1 Å². The third-order valence-electron chi connectivity index (χ3n) is 4.81. The third-order valence-corrected chi connectivity index (χ3v) is 4.81. The fourth-order valence-corrected chi connectivity index (χ4v) is 3.09. The highest BCUT2D eigenvalue weighted by Crippen LogP contribution is 2.30. The van der Waals surface area contributed by atoms with Crippen LogP contribution >= 0.6 is 0 Å². The summed E-state index contributed by atoms with van der Waals surface area (Å²) in [6.45, 7) is 8.80. The van der Waals surface area contributed by atoms with Gasteiger partial charge in [-0.1, -0.05) is 51.1 Å². The minimum absolute atomic E-state index is 0.137. The molecule has 5 nitrogen and oxygen atoms in total. The summed E-state index contributed by atoms with van der Waals surface area (Å²) in [4.78, 5) is 0. The molecule has 0 saturated heterocycles. The Morgan fingerprint density at radius 3 is 2.34 bits per heavy atom. The zero-order valence-corrected chi connectivity index (χ0v) is 17.0. The van der Waals surface area contributed by atoms with Crippen molar-refractivity contribution in [3.05, 3.63) is 77.2 Å². The molecule has 6 heteroatoms. The van der Waals surface area contributed by atoms with Crippen LogP contribution in [0.1, 0.15) is 37.6 Å². The van der Waals surface area contributed by atoms with E-state index in [0.29, 0.717) is 18.3 Å². The first-order valence-electron chi connectivity index (χ1n) is 9.54. The first kappa shape index (κ1) is 19.1. The summed E-state index contributed by atoms with van der Waals surface area (Å²) in [7, 11) is 0. The lowest BCUT2D eigenvalue weighted by Gasteiger charge is -2.14. The van der Waals surface area contributed by atoms with E-state index >= 15 is 0 Å². The zero-order valence-electron chi connectivity index (χ0n) is 17.0. The van der Waals surface area contributed by atoms with Gasteiger partial charge in [0.05, 0.1) is 12.2 Å². The third kappa shape index (κ3) is 3.97. The normalized spacial score (nSPS) is 11.8. The Morgan fingerprint density at radius 1 is 0.966 bits per heavy atom. The average Bonchev–Trinajstić information content (AvgIpc) is 3.31. The molecule has 0 aliphatic carbocycles. The van der Waals surface area contributed by atoms with Crippen molar-refractivity contribution in [3.63, 3.8) is 0 Å². The van der Waals surface area contributed by atoms with E-state index in [2.05, 4.69) is 31.0 Å². The topological polar surface area (TPSA) is 56.7 Å². The molecule has 2 heterocycles. The van der Waals surface area contributed by atoms with Gasteiger partial charge in [-0.3, -0.25) is 4.68 Å². The molecule has 4 aromatic rings. The van der Waals surface area contributed by atoms with Gasteiger partial charge in [-0.2, -0.15) is 5.10 Å². The van der Waals surface area contributed by atoms with E-state index in [1.54, 1.807) is 12.1 Å². The Morgan fingerprint density at radius 2 is 1.66 bits per heavy atom. The molecular weight excluding hydrogens is 367 g/mol. The van der Waals surface area contributed by atoms with E-state index in [1.165, 1.54) is 12.1 Å². The van der Waals surface area contributed by atoms with Gasteiger partial charge < -0.3 is 4.42 Å². The first-order valence-corrected chi connectivity index (χ1v) is 9.54. The number of rotatable bonds is 4. The van der Waals surface area contributed by atoms with Crippen LogP contribution in [-0.4, -0.2) is 20.0 Å². The smallest absolute Gasteiger partial charge is 0.266 e. The molecule has 0 unspecified atom stereocenters. The Balaban J connectivity index is 1.75. The van der Waals surface area contributed by atoms with Crippen molar-refractivity contribution >= 4 is 0 Å². The van der Waals surface area contributed by atoms with E-state index in [1.807, 2.05) is 41.9 Å². The molecule has 0 atom stereocenters. The molecule has 0 amide bonds. The van der Waals surface area contributed by atoms with Crippen LogP contribution in [0.15, 0.2) is 59.0 Å². The maximum absolute atomic E-state index is 13.3. The van der Waals surface area contributed by atoms with Gasteiger partial charge in [0.2, 0.25) is 5.89 Å². The van der Waals surface area contributed by atoms with Gasteiger partial charge in [0.25, 0.3) is 5.89 Å². The summed E-state index contributed by atoms with van der Waals surface area (Å²) in [5.41, 5.74) is 4.44. The molecule has 0 saturated carbocycles. The number of aryl methyl sites for hydroxylation is 1. The second-order valence-corrected chi connectivity index (χ2v) is 8.18. The molecule has 2 aromatic carbocycles. The van der Waals surface area contributed by atoms with Crippen molar-refractivity contribution < 1.29 is 8.81 Å². The van der Waals surface area contributed by atoms with Gasteiger partial charge in [-0.05, 0) is 42.3 Å². The van der Waals surface area contributed by atoms with Crippen LogP contribution in [0.2, 0.25) is 0 Å². The van der Waals surface area contributed by atoms with Crippen molar-refractivity contribution in [2.24, 2.45) is 0 Å². The monoisotopic (exact) mass is 390 g/mol. The lowest BCUT2D eigenvalue weighted by Crippen LogP contribution is -2.13. The van der Waals surface area contributed by atoms with E-state index < -0.39 is 0 Å². The second kappa shape index (κ2) is 7.28. The van der Waals surface area contributed by atoms with Crippen LogP contribution in [0.5, 0.6) is 0 Å². The lowest BCUT2D eigenvalue weighted by molar-refractivity contribution is 0.540. The van der Waals surface area contributed by atoms with E-state index in [9.17, 15) is 4.39 Å². The summed E-state index contributed by atoms with van der Waals surface area (Å²) in [5, 5.41) is 13.3. The van der Waals surface area contributed by atoms with Crippen LogP contribution in [0, 0.1) is 12.7 Å². The van der Waals surface area contributed by atoms with Gasteiger partial charge in [-0.25, -0.2) is 4.39 Å². The number of aromatic nitrogens is 4. The maximum atomic E-state index is 13.3. The SMILES string of the molecule is Cc1ccccc1-c1nnc(-c2cc(C(C)(C)C)nn2Cc2ccc(F)cc2)o1.